The minimum absolute atomic E-state index is 0.0635. The van der Waals surface area contributed by atoms with E-state index in [1.165, 1.54) is 0 Å². The maximum atomic E-state index is 13.4. The molecule has 0 spiro atoms. The van der Waals surface area contributed by atoms with Crippen molar-refractivity contribution in [3.63, 3.8) is 0 Å². The molecule has 0 bridgehead atoms. The number of hydrogen-bond donors (Lipinski definition) is 0. The zero-order valence-corrected chi connectivity index (χ0v) is 25.9. The summed E-state index contributed by atoms with van der Waals surface area (Å²) in [5.41, 5.74) is 1.55. The second-order valence-corrected chi connectivity index (χ2v) is 17.9. The van der Waals surface area contributed by atoms with Crippen molar-refractivity contribution in [1.29, 1.82) is 0 Å². The minimum atomic E-state index is -2.37. The van der Waals surface area contributed by atoms with Crippen LogP contribution in [0, 0.1) is 0 Å². The zero-order chi connectivity index (χ0) is 28.4. The first-order chi connectivity index (χ1) is 17.5. The predicted octanol–water partition coefficient (Wildman–Crippen LogP) is 7.27. The van der Waals surface area contributed by atoms with Gasteiger partial charge in [0.1, 0.15) is 11.7 Å². The number of esters is 1. The number of hydroxylamine groups is 2. The van der Waals surface area contributed by atoms with E-state index in [1.54, 1.807) is 0 Å². The van der Waals surface area contributed by atoms with Crippen molar-refractivity contribution < 1.29 is 23.5 Å². The molecule has 0 saturated carbocycles. The molecule has 1 fully saturated rings. The molecule has 3 rings (SSSR count). The lowest BCUT2D eigenvalue weighted by molar-refractivity contribution is -0.196. The number of ether oxygens (including phenoxy) is 3. The fourth-order valence-electron chi connectivity index (χ4n) is 4.31. The lowest BCUT2D eigenvalue weighted by Crippen LogP contribution is -2.55. The molecule has 7 heteroatoms. The number of carbonyl (C=O) groups is 1. The number of benzene rings is 2. The summed E-state index contributed by atoms with van der Waals surface area (Å²) >= 11 is 0. The Morgan fingerprint density at radius 2 is 1.47 bits per heavy atom. The van der Waals surface area contributed by atoms with Crippen LogP contribution >= 0.6 is 0 Å². The predicted molar refractivity (Wildman–Crippen MR) is 154 cm³/mol. The number of nitrogens with zero attached hydrogens (tertiary/aromatic N) is 1. The summed E-state index contributed by atoms with van der Waals surface area (Å²) in [5.74, 6) is -1.05. The Kier molecular flexibility index (Phi) is 9.31. The van der Waals surface area contributed by atoms with Gasteiger partial charge in [0, 0.05) is 0 Å². The van der Waals surface area contributed by atoms with Gasteiger partial charge in [0.05, 0.1) is 25.1 Å². The van der Waals surface area contributed by atoms with Gasteiger partial charge >= 0.3 is 5.97 Å². The smallest absolute Gasteiger partial charge is 0.308 e. The molecule has 0 aliphatic carbocycles. The summed E-state index contributed by atoms with van der Waals surface area (Å²) in [6.07, 6.45) is -0.288. The quantitative estimate of drug-likeness (QED) is 0.189. The monoisotopic (exact) mass is 541 g/mol. The van der Waals surface area contributed by atoms with Gasteiger partial charge in [0.2, 0.25) is 8.32 Å². The van der Waals surface area contributed by atoms with Crippen LogP contribution in [0.25, 0.3) is 0 Å². The van der Waals surface area contributed by atoms with Gasteiger partial charge in [0.25, 0.3) is 0 Å². The topological polar surface area (TPSA) is 57.2 Å². The number of carbonyl (C=O) groups excluding carboxylic acids is 1. The van der Waals surface area contributed by atoms with Crippen molar-refractivity contribution in [2.45, 2.75) is 110 Å². The van der Waals surface area contributed by atoms with Crippen LogP contribution in [0.5, 0.6) is 0 Å². The average molecular weight is 542 g/mol. The van der Waals surface area contributed by atoms with E-state index in [-0.39, 0.29) is 23.5 Å². The first-order valence-corrected chi connectivity index (χ1v) is 16.5. The number of rotatable bonds is 9. The molecular weight excluding hydrogens is 494 g/mol. The van der Waals surface area contributed by atoms with Crippen LogP contribution in [-0.4, -0.2) is 49.5 Å². The summed E-state index contributed by atoms with van der Waals surface area (Å²) in [6.45, 7) is 21.0. The highest BCUT2D eigenvalue weighted by Gasteiger charge is 2.48. The molecule has 1 heterocycles. The molecule has 1 unspecified atom stereocenters. The maximum Gasteiger partial charge on any atom is 0.308 e. The van der Waals surface area contributed by atoms with E-state index in [4.69, 9.17) is 18.7 Å². The molecule has 1 aliphatic rings. The van der Waals surface area contributed by atoms with Crippen LogP contribution in [0.1, 0.15) is 79.0 Å². The molecule has 2 atom stereocenters. The van der Waals surface area contributed by atoms with E-state index in [2.05, 4.69) is 58.1 Å². The molecule has 210 valence electrons. The zero-order valence-electron chi connectivity index (χ0n) is 24.9. The Hall–Kier alpha value is -2.03. The average Bonchev–Trinajstić information content (AvgIpc) is 3.16. The number of hydrogen-bond acceptors (Lipinski definition) is 6. The third-order valence-corrected chi connectivity index (χ3v) is 11.5. The van der Waals surface area contributed by atoms with Gasteiger partial charge < -0.3 is 18.7 Å². The van der Waals surface area contributed by atoms with Crippen molar-refractivity contribution in [3.8, 4) is 0 Å². The van der Waals surface area contributed by atoms with Crippen LogP contribution in [0.4, 0.5) is 0 Å². The summed E-state index contributed by atoms with van der Waals surface area (Å²) in [4.78, 5) is 13.4. The lowest BCUT2D eigenvalue weighted by Gasteiger charge is -2.47. The molecule has 1 aliphatic heterocycles. The first kappa shape index (κ1) is 30.5. The van der Waals surface area contributed by atoms with Crippen LogP contribution in [-0.2, 0) is 23.5 Å². The molecule has 0 amide bonds. The van der Waals surface area contributed by atoms with Crippen LogP contribution in [0.2, 0.25) is 18.1 Å². The van der Waals surface area contributed by atoms with Crippen LogP contribution < -0.4 is 0 Å². The first-order valence-electron chi connectivity index (χ1n) is 13.6. The fraction of sp³-hybridized carbons (Fsp3) is 0.581. The molecule has 6 nitrogen and oxygen atoms in total. The van der Waals surface area contributed by atoms with Gasteiger partial charge in [-0.2, -0.15) is 5.06 Å². The van der Waals surface area contributed by atoms with Crippen molar-refractivity contribution in [3.05, 3.63) is 71.8 Å². The molecule has 2 aromatic carbocycles. The summed E-state index contributed by atoms with van der Waals surface area (Å²) < 4.78 is 25.4. The largest absolute Gasteiger partial charge is 0.460 e. The highest BCUT2D eigenvalue weighted by molar-refractivity contribution is 6.74. The van der Waals surface area contributed by atoms with Crippen molar-refractivity contribution in [1.82, 2.24) is 5.06 Å². The Morgan fingerprint density at radius 3 is 1.87 bits per heavy atom. The normalized spacial score (nSPS) is 19.1. The van der Waals surface area contributed by atoms with E-state index >= 15 is 0 Å². The van der Waals surface area contributed by atoms with Gasteiger partial charge in [-0.25, -0.2) is 0 Å². The molecule has 2 aromatic rings. The van der Waals surface area contributed by atoms with Crippen molar-refractivity contribution in [2.75, 3.05) is 6.61 Å². The fourth-order valence-corrected chi connectivity index (χ4v) is 5.36. The van der Waals surface area contributed by atoms with Crippen molar-refractivity contribution >= 4 is 14.3 Å². The molecule has 1 saturated heterocycles. The van der Waals surface area contributed by atoms with Crippen LogP contribution in [0.3, 0.4) is 0 Å². The third-order valence-electron chi connectivity index (χ3n) is 7.21. The van der Waals surface area contributed by atoms with Gasteiger partial charge in [-0.3, -0.25) is 4.79 Å². The molecular formula is C31H47NO5Si. The minimum Gasteiger partial charge on any atom is -0.460 e. The highest BCUT2D eigenvalue weighted by Crippen LogP contribution is 2.42. The summed E-state index contributed by atoms with van der Waals surface area (Å²) in [5, 5.41) is 1.98. The molecule has 0 N–H and O–H groups in total. The Labute approximate surface area is 230 Å². The summed E-state index contributed by atoms with van der Waals surface area (Å²) in [6, 6.07) is 19.9. The summed E-state index contributed by atoms with van der Waals surface area (Å²) in [7, 11) is -2.37. The Morgan fingerprint density at radius 1 is 0.974 bits per heavy atom. The van der Waals surface area contributed by atoms with Gasteiger partial charge in [-0.15, -0.1) is 0 Å². The van der Waals surface area contributed by atoms with E-state index < -0.39 is 31.9 Å². The molecule has 0 radical (unpaired) electrons. The Balaban J connectivity index is 2.19. The van der Waals surface area contributed by atoms with E-state index in [1.807, 2.05) is 76.1 Å². The Bertz CT molecular complexity index is 1000. The second-order valence-electron chi connectivity index (χ2n) is 13.2. The van der Waals surface area contributed by atoms with Gasteiger partial charge in [0.15, 0.2) is 5.79 Å². The highest BCUT2D eigenvalue weighted by atomic mass is 28.4. The standard InChI is InChI=1S/C31H47NO5Si/c1-29(2,3)36-27(33)21-25(26-22-34-31(7,8)35-26)32(37-38(9,10)30(4,5)6)28(23-17-13-11-14-18-23)24-19-15-12-16-20-24/h11-20,25-26,28H,21-22H2,1-10H3/t25?,26-/m1/s1. The van der Waals surface area contributed by atoms with Gasteiger partial charge in [-0.05, 0) is 63.9 Å². The maximum absolute atomic E-state index is 13.4. The van der Waals surface area contributed by atoms with E-state index in [9.17, 15) is 4.79 Å². The molecule has 38 heavy (non-hydrogen) atoms. The van der Waals surface area contributed by atoms with Gasteiger partial charge in [-0.1, -0.05) is 81.4 Å². The van der Waals surface area contributed by atoms with Crippen molar-refractivity contribution in [2.24, 2.45) is 0 Å². The van der Waals surface area contributed by atoms with E-state index in [0.29, 0.717) is 6.61 Å². The lowest BCUT2D eigenvalue weighted by atomic mass is 9.95. The third kappa shape index (κ3) is 7.99. The second kappa shape index (κ2) is 11.6. The van der Waals surface area contributed by atoms with Crippen LogP contribution in [0.15, 0.2) is 60.7 Å². The SMILES string of the molecule is CC(C)(C)OC(=O)CC([C@H]1COC(C)(C)O1)N(O[Si](C)(C)C(C)(C)C)C(c1ccccc1)c1ccccc1. The van der Waals surface area contributed by atoms with E-state index in [0.717, 1.165) is 11.1 Å². The molecule has 0 aromatic heterocycles.